The molecule has 0 radical (unpaired) electrons. The van der Waals surface area contributed by atoms with Gasteiger partial charge in [-0.1, -0.05) is 41.4 Å². The van der Waals surface area contributed by atoms with Crippen LogP contribution in [0.2, 0.25) is 10.0 Å². The number of benzene rings is 2. The van der Waals surface area contributed by atoms with Crippen molar-refractivity contribution in [1.82, 2.24) is 16.0 Å². The Balaban J connectivity index is 1.67. The summed E-state index contributed by atoms with van der Waals surface area (Å²) in [6.07, 6.45) is 0.138. The molecule has 0 saturated heterocycles. The van der Waals surface area contributed by atoms with Gasteiger partial charge in [0, 0.05) is 36.7 Å². The zero-order valence-electron chi connectivity index (χ0n) is 15.3. The van der Waals surface area contributed by atoms with Crippen LogP contribution in [0.3, 0.4) is 0 Å². The molecule has 2 rings (SSSR count). The largest absolute Gasteiger partial charge is 0.354 e. The summed E-state index contributed by atoms with van der Waals surface area (Å²) in [6, 6.07) is 13.1. The Morgan fingerprint density at radius 2 is 1.54 bits per heavy atom. The number of amides is 3. The molecule has 0 saturated carbocycles. The fourth-order valence-electron chi connectivity index (χ4n) is 2.42. The molecule has 3 N–H and O–H groups in total. The summed E-state index contributed by atoms with van der Waals surface area (Å²) in [5.41, 5.74) is 0.928. The van der Waals surface area contributed by atoms with Gasteiger partial charge in [-0.3, -0.25) is 14.4 Å². The highest BCUT2D eigenvalue weighted by Gasteiger charge is 2.13. The van der Waals surface area contributed by atoms with Crippen molar-refractivity contribution in [3.8, 4) is 0 Å². The molecular formula is C20H21Cl2N3O3. The molecule has 0 aliphatic carbocycles. The van der Waals surface area contributed by atoms with Gasteiger partial charge in [-0.05, 0) is 37.3 Å². The van der Waals surface area contributed by atoms with E-state index in [1.807, 2.05) is 6.07 Å². The Morgan fingerprint density at radius 1 is 0.857 bits per heavy atom. The second-order valence-corrected chi connectivity index (χ2v) is 6.99. The highest BCUT2D eigenvalue weighted by Crippen LogP contribution is 2.22. The molecule has 8 heteroatoms. The summed E-state index contributed by atoms with van der Waals surface area (Å²) >= 11 is 11.7. The lowest BCUT2D eigenvalue weighted by Gasteiger charge is -2.14. The summed E-state index contributed by atoms with van der Waals surface area (Å²) in [5.74, 6) is -0.754. The maximum atomic E-state index is 12.0. The first-order chi connectivity index (χ1) is 13.4. The Labute approximate surface area is 173 Å². The topological polar surface area (TPSA) is 87.3 Å². The number of carbonyl (C=O) groups is 3. The maximum Gasteiger partial charge on any atom is 0.251 e. The predicted octanol–water partition coefficient (Wildman–Crippen LogP) is 3.05. The lowest BCUT2D eigenvalue weighted by Crippen LogP contribution is -2.39. The quantitative estimate of drug-likeness (QED) is 0.572. The summed E-state index contributed by atoms with van der Waals surface area (Å²) in [7, 11) is 0. The molecule has 0 aliphatic heterocycles. The first-order valence-electron chi connectivity index (χ1n) is 8.72. The van der Waals surface area contributed by atoms with Gasteiger partial charge in [0.1, 0.15) is 0 Å². The maximum absolute atomic E-state index is 12.0. The van der Waals surface area contributed by atoms with Gasteiger partial charge >= 0.3 is 0 Å². The highest BCUT2D eigenvalue weighted by molar-refractivity contribution is 6.42. The van der Waals surface area contributed by atoms with Crippen molar-refractivity contribution >= 4 is 40.9 Å². The normalized spacial score (nSPS) is 11.4. The first kappa shape index (κ1) is 21.7. The molecule has 0 bridgehead atoms. The Hall–Kier alpha value is -2.57. The number of nitrogens with one attached hydrogen (secondary N) is 3. The minimum Gasteiger partial charge on any atom is -0.354 e. The summed E-state index contributed by atoms with van der Waals surface area (Å²) in [6.45, 7) is 2.29. The van der Waals surface area contributed by atoms with Gasteiger partial charge in [0.15, 0.2) is 0 Å². The van der Waals surface area contributed by atoms with Gasteiger partial charge in [0.25, 0.3) is 11.8 Å². The third-order valence-corrected chi connectivity index (χ3v) is 4.56. The van der Waals surface area contributed by atoms with Crippen LogP contribution < -0.4 is 16.0 Å². The molecule has 0 heterocycles. The van der Waals surface area contributed by atoms with Crippen LogP contribution in [0, 0.1) is 0 Å². The van der Waals surface area contributed by atoms with Gasteiger partial charge in [0.2, 0.25) is 5.91 Å². The fourth-order valence-corrected chi connectivity index (χ4v) is 2.71. The Morgan fingerprint density at radius 3 is 2.21 bits per heavy atom. The van der Waals surface area contributed by atoms with Crippen molar-refractivity contribution in [1.29, 1.82) is 0 Å². The number of carbonyl (C=O) groups excluding carboxylic acids is 3. The van der Waals surface area contributed by atoms with Crippen molar-refractivity contribution in [2.75, 3.05) is 13.1 Å². The van der Waals surface area contributed by atoms with E-state index in [9.17, 15) is 14.4 Å². The van der Waals surface area contributed by atoms with E-state index in [1.165, 1.54) is 6.07 Å². The molecule has 148 valence electrons. The third kappa shape index (κ3) is 6.87. The first-order valence-corrected chi connectivity index (χ1v) is 9.48. The summed E-state index contributed by atoms with van der Waals surface area (Å²) in [5, 5.41) is 8.83. The van der Waals surface area contributed by atoms with E-state index in [0.717, 1.165) is 0 Å². The van der Waals surface area contributed by atoms with Crippen LogP contribution in [0.1, 0.15) is 34.1 Å². The SMILES string of the molecule is C[C@@H](CC(=O)NCCNC(=O)c1ccc(Cl)c(Cl)c1)NC(=O)c1ccccc1. The lowest BCUT2D eigenvalue weighted by atomic mass is 10.1. The van der Waals surface area contributed by atoms with Crippen molar-refractivity contribution < 1.29 is 14.4 Å². The van der Waals surface area contributed by atoms with E-state index < -0.39 is 0 Å². The van der Waals surface area contributed by atoms with Crippen LogP contribution >= 0.6 is 23.2 Å². The second-order valence-electron chi connectivity index (χ2n) is 6.18. The average molecular weight is 422 g/mol. The van der Waals surface area contributed by atoms with Crippen molar-refractivity contribution in [2.45, 2.75) is 19.4 Å². The minimum absolute atomic E-state index is 0.138. The molecule has 6 nitrogen and oxygen atoms in total. The van der Waals surface area contributed by atoms with Crippen LogP contribution in [-0.4, -0.2) is 36.9 Å². The smallest absolute Gasteiger partial charge is 0.251 e. The Bertz CT molecular complexity index is 844. The van der Waals surface area contributed by atoms with Crippen LogP contribution in [0.5, 0.6) is 0 Å². The molecule has 3 amide bonds. The van der Waals surface area contributed by atoms with E-state index in [-0.39, 0.29) is 43.3 Å². The average Bonchev–Trinajstić information content (AvgIpc) is 2.67. The lowest BCUT2D eigenvalue weighted by molar-refractivity contribution is -0.121. The molecule has 28 heavy (non-hydrogen) atoms. The summed E-state index contributed by atoms with van der Waals surface area (Å²) < 4.78 is 0. The van der Waals surface area contributed by atoms with E-state index in [0.29, 0.717) is 21.2 Å². The molecule has 0 aliphatic rings. The van der Waals surface area contributed by atoms with Crippen LogP contribution in [0.4, 0.5) is 0 Å². The molecule has 0 spiro atoms. The number of rotatable bonds is 8. The number of halogens is 2. The van der Waals surface area contributed by atoms with E-state index >= 15 is 0 Å². The van der Waals surface area contributed by atoms with Gasteiger partial charge in [-0.25, -0.2) is 0 Å². The summed E-state index contributed by atoms with van der Waals surface area (Å²) in [4.78, 5) is 36.0. The standard InChI is InChI=1S/C20H21Cl2N3O3/c1-13(25-20(28)14-5-3-2-4-6-14)11-18(26)23-9-10-24-19(27)15-7-8-16(21)17(22)12-15/h2-8,12-13H,9-11H2,1H3,(H,23,26)(H,24,27)(H,25,28)/t13-/m0/s1. The molecular weight excluding hydrogens is 401 g/mol. The zero-order chi connectivity index (χ0) is 20.5. The van der Waals surface area contributed by atoms with E-state index in [1.54, 1.807) is 43.3 Å². The van der Waals surface area contributed by atoms with Crippen molar-refractivity contribution in [3.63, 3.8) is 0 Å². The number of hydrogen-bond acceptors (Lipinski definition) is 3. The van der Waals surface area contributed by atoms with Crippen LogP contribution in [-0.2, 0) is 4.79 Å². The number of hydrogen-bond donors (Lipinski definition) is 3. The third-order valence-electron chi connectivity index (χ3n) is 3.82. The Kier molecular flexibility index (Phi) is 8.29. The molecule has 0 fully saturated rings. The molecule has 0 aromatic heterocycles. The molecule has 0 unspecified atom stereocenters. The second kappa shape index (κ2) is 10.7. The molecule has 1 atom stereocenters. The van der Waals surface area contributed by atoms with E-state index in [4.69, 9.17) is 23.2 Å². The van der Waals surface area contributed by atoms with E-state index in [2.05, 4.69) is 16.0 Å². The van der Waals surface area contributed by atoms with Gasteiger partial charge < -0.3 is 16.0 Å². The van der Waals surface area contributed by atoms with Crippen LogP contribution in [0.25, 0.3) is 0 Å². The van der Waals surface area contributed by atoms with Gasteiger partial charge in [-0.2, -0.15) is 0 Å². The van der Waals surface area contributed by atoms with Crippen molar-refractivity contribution in [3.05, 3.63) is 69.7 Å². The van der Waals surface area contributed by atoms with Crippen LogP contribution in [0.15, 0.2) is 48.5 Å². The zero-order valence-corrected chi connectivity index (χ0v) is 16.8. The van der Waals surface area contributed by atoms with Gasteiger partial charge in [-0.15, -0.1) is 0 Å². The highest BCUT2D eigenvalue weighted by atomic mass is 35.5. The predicted molar refractivity (Wildman–Crippen MR) is 110 cm³/mol. The van der Waals surface area contributed by atoms with Crippen molar-refractivity contribution in [2.24, 2.45) is 0 Å². The fraction of sp³-hybridized carbons (Fsp3) is 0.250. The monoisotopic (exact) mass is 421 g/mol. The minimum atomic E-state index is -0.321. The molecule has 2 aromatic rings. The molecule has 2 aromatic carbocycles. The van der Waals surface area contributed by atoms with Gasteiger partial charge in [0.05, 0.1) is 10.0 Å².